The molecule has 1 amide bonds. The molecule has 1 heterocycles. The molecule has 2 N–H and O–H groups in total. The second-order valence-corrected chi connectivity index (χ2v) is 5.03. The van der Waals surface area contributed by atoms with E-state index in [1.54, 1.807) is 4.90 Å². The summed E-state index contributed by atoms with van der Waals surface area (Å²) in [5.41, 5.74) is 5.40. The van der Waals surface area contributed by atoms with E-state index in [1.165, 1.54) is 0 Å². The van der Waals surface area contributed by atoms with Gasteiger partial charge in [0.1, 0.15) is 5.60 Å². The van der Waals surface area contributed by atoms with Crippen LogP contribution >= 0.6 is 0 Å². The van der Waals surface area contributed by atoms with Crippen LogP contribution in [-0.2, 0) is 4.74 Å². The maximum absolute atomic E-state index is 11.6. The first-order chi connectivity index (χ1) is 6.29. The molecule has 2 atom stereocenters. The highest BCUT2D eigenvalue weighted by Crippen LogP contribution is 2.17. The second kappa shape index (κ2) is 3.77. The maximum Gasteiger partial charge on any atom is 0.410 e. The fraction of sp³-hybridized carbons (Fsp3) is 0.900. The van der Waals surface area contributed by atoms with E-state index in [2.05, 4.69) is 6.92 Å². The van der Waals surface area contributed by atoms with Crippen molar-refractivity contribution in [1.82, 2.24) is 4.90 Å². The molecule has 0 saturated carbocycles. The van der Waals surface area contributed by atoms with Crippen molar-refractivity contribution < 1.29 is 9.53 Å². The highest BCUT2D eigenvalue weighted by molar-refractivity contribution is 5.68. The number of carbonyl (C=O) groups excluding carboxylic acids is 1. The van der Waals surface area contributed by atoms with Gasteiger partial charge >= 0.3 is 6.09 Å². The van der Waals surface area contributed by atoms with Gasteiger partial charge in [-0.15, -0.1) is 0 Å². The number of hydrogen-bond acceptors (Lipinski definition) is 3. The van der Waals surface area contributed by atoms with Gasteiger partial charge in [0.2, 0.25) is 0 Å². The molecule has 0 bridgehead atoms. The van der Waals surface area contributed by atoms with E-state index in [0.717, 1.165) is 0 Å². The van der Waals surface area contributed by atoms with Crippen LogP contribution in [0.5, 0.6) is 0 Å². The predicted octanol–water partition coefficient (Wildman–Crippen LogP) is 1.20. The van der Waals surface area contributed by atoms with Crippen molar-refractivity contribution >= 4 is 6.09 Å². The minimum Gasteiger partial charge on any atom is -0.444 e. The summed E-state index contributed by atoms with van der Waals surface area (Å²) in [7, 11) is 0. The van der Waals surface area contributed by atoms with Crippen molar-refractivity contribution in [3.05, 3.63) is 0 Å². The zero-order chi connectivity index (χ0) is 10.9. The zero-order valence-corrected chi connectivity index (χ0v) is 9.41. The third-order valence-electron chi connectivity index (χ3n) is 2.32. The van der Waals surface area contributed by atoms with Crippen LogP contribution in [0.4, 0.5) is 4.79 Å². The first-order valence-corrected chi connectivity index (χ1v) is 5.03. The molecule has 0 aliphatic carbocycles. The lowest BCUT2D eigenvalue weighted by Gasteiger charge is -2.24. The van der Waals surface area contributed by atoms with E-state index in [0.29, 0.717) is 19.0 Å². The molecule has 4 heteroatoms. The molecule has 82 valence electrons. The minimum absolute atomic E-state index is 0.0857. The molecule has 1 saturated heterocycles. The third-order valence-corrected chi connectivity index (χ3v) is 2.32. The zero-order valence-electron chi connectivity index (χ0n) is 9.41. The Balaban J connectivity index is 2.48. The first kappa shape index (κ1) is 11.3. The third kappa shape index (κ3) is 2.87. The van der Waals surface area contributed by atoms with Gasteiger partial charge in [0.15, 0.2) is 0 Å². The summed E-state index contributed by atoms with van der Waals surface area (Å²) >= 11 is 0. The highest BCUT2D eigenvalue weighted by Gasteiger charge is 2.32. The Morgan fingerprint density at radius 3 is 2.36 bits per heavy atom. The van der Waals surface area contributed by atoms with Crippen LogP contribution in [-0.4, -0.2) is 35.7 Å². The van der Waals surface area contributed by atoms with Crippen LogP contribution < -0.4 is 5.73 Å². The van der Waals surface area contributed by atoms with E-state index in [9.17, 15) is 4.79 Å². The summed E-state index contributed by atoms with van der Waals surface area (Å²) in [6.07, 6.45) is -0.252. The lowest BCUT2D eigenvalue weighted by atomic mass is 10.1. The van der Waals surface area contributed by atoms with Crippen LogP contribution in [0.25, 0.3) is 0 Å². The predicted molar refractivity (Wildman–Crippen MR) is 54.9 cm³/mol. The number of amides is 1. The van der Waals surface area contributed by atoms with Crippen molar-refractivity contribution in [3.8, 4) is 0 Å². The Morgan fingerprint density at radius 2 is 2.00 bits per heavy atom. The monoisotopic (exact) mass is 200 g/mol. The van der Waals surface area contributed by atoms with Crippen LogP contribution in [0.2, 0.25) is 0 Å². The molecule has 1 unspecified atom stereocenters. The van der Waals surface area contributed by atoms with Gasteiger partial charge in [-0.25, -0.2) is 4.79 Å². The van der Waals surface area contributed by atoms with Crippen molar-refractivity contribution in [2.75, 3.05) is 13.1 Å². The van der Waals surface area contributed by atoms with Crippen molar-refractivity contribution in [2.45, 2.75) is 39.3 Å². The van der Waals surface area contributed by atoms with E-state index in [-0.39, 0.29) is 12.1 Å². The Hall–Kier alpha value is -0.770. The Kier molecular flexibility index (Phi) is 3.04. The second-order valence-electron chi connectivity index (χ2n) is 5.03. The molecular weight excluding hydrogens is 180 g/mol. The summed E-state index contributed by atoms with van der Waals surface area (Å²) < 4.78 is 5.25. The van der Waals surface area contributed by atoms with E-state index >= 15 is 0 Å². The maximum atomic E-state index is 11.6. The largest absolute Gasteiger partial charge is 0.444 e. The molecule has 0 aromatic heterocycles. The lowest BCUT2D eigenvalue weighted by Crippen LogP contribution is -2.36. The molecule has 4 nitrogen and oxygen atoms in total. The fourth-order valence-electron chi connectivity index (χ4n) is 1.47. The number of nitrogens with two attached hydrogens (primary N) is 1. The minimum atomic E-state index is -0.424. The molecule has 0 aromatic carbocycles. The average Bonchev–Trinajstić information content (AvgIpc) is 2.28. The molecule has 0 radical (unpaired) electrons. The topological polar surface area (TPSA) is 55.6 Å². The summed E-state index contributed by atoms with van der Waals surface area (Å²) in [5.74, 6) is 0.363. The SMILES string of the molecule is C[C@H]1CN(C(=O)OC(C)(C)C)CC1N. The van der Waals surface area contributed by atoms with Gasteiger partial charge < -0.3 is 15.4 Å². The van der Waals surface area contributed by atoms with Crippen molar-refractivity contribution in [1.29, 1.82) is 0 Å². The molecule has 1 aliphatic heterocycles. The van der Waals surface area contributed by atoms with Crippen molar-refractivity contribution in [3.63, 3.8) is 0 Å². The van der Waals surface area contributed by atoms with Gasteiger partial charge in [-0.05, 0) is 26.7 Å². The summed E-state index contributed by atoms with van der Waals surface area (Å²) in [5, 5.41) is 0. The summed E-state index contributed by atoms with van der Waals surface area (Å²) in [6, 6.07) is 0.0857. The highest BCUT2D eigenvalue weighted by atomic mass is 16.6. The van der Waals surface area contributed by atoms with Gasteiger partial charge in [-0.1, -0.05) is 6.92 Å². The Labute approximate surface area is 85.4 Å². The summed E-state index contributed by atoms with van der Waals surface area (Å²) in [4.78, 5) is 13.3. The van der Waals surface area contributed by atoms with Crippen LogP contribution in [0.1, 0.15) is 27.7 Å². The standard InChI is InChI=1S/C10H20N2O2/c1-7-5-12(6-8(7)11)9(13)14-10(2,3)4/h7-8H,5-6,11H2,1-4H3/t7-,8?/m0/s1. The van der Waals surface area contributed by atoms with E-state index in [4.69, 9.17) is 10.5 Å². The molecule has 1 fully saturated rings. The van der Waals surface area contributed by atoms with Crippen molar-refractivity contribution in [2.24, 2.45) is 11.7 Å². The molecule has 0 spiro atoms. The average molecular weight is 200 g/mol. The van der Waals surface area contributed by atoms with Gasteiger partial charge in [-0.3, -0.25) is 0 Å². The van der Waals surface area contributed by atoms with Gasteiger partial charge in [0.25, 0.3) is 0 Å². The number of rotatable bonds is 0. The number of nitrogens with zero attached hydrogens (tertiary/aromatic N) is 1. The van der Waals surface area contributed by atoms with Gasteiger partial charge in [0.05, 0.1) is 0 Å². The normalized spacial score (nSPS) is 27.9. The molecule has 14 heavy (non-hydrogen) atoms. The lowest BCUT2D eigenvalue weighted by molar-refractivity contribution is 0.0287. The molecule has 1 aliphatic rings. The molecule has 0 aromatic rings. The smallest absolute Gasteiger partial charge is 0.410 e. The van der Waals surface area contributed by atoms with E-state index < -0.39 is 5.60 Å². The fourth-order valence-corrected chi connectivity index (χ4v) is 1.47. The van der Waals surface area contributed by atoms with Crippen LogP contribution in [0, 0.1) is 5.92 Å². The van der Waals surface area contributed by atoms with Crippen LogP contribution in [0.15, 0.2) is 0 Å². The number of hydrogen-bond donors (Lipinski definition) is 1. The quantitative estimate of drug-likeness (QED) is 0.639. The first-order valence-electron chi connectivity index (χ1n) is 5.03. The number of carbonyl (C=O) groups is 1. The summed E-state index contributed by atoms with van der Waals surface area (Å²) in [6.45, 7) is 8.96. The van der Waals surface area contributed by atoms with Crippen LogP contribution in [0.3, 0.4) is 0 Å². The Bertz CT molecular complexity index is 213. The van der Waals surface area contributed by atoms with E-state index in [1.807, 2.05) is 20.8 Å². The number of likely N-dealkylation sites (tertiary alicyclic amines) is 1. The Morgan fingerprint density at radius 1 is 1.43 bits per heavy atom. The van der Waals surface area contributed by atoms with Gasteiger partial charge in [0, 0.05) is 19.1 Å². The number of ether oxygens (including phenoxy) is 1. The van der Waals surface area contributed by atoms with Gasteiger partial charge in [-0.2, -0.15) is 0 Å². The molecule has 1 rings (SSSR count). The molecular formula is C10H20N2O2.